The monoisotopic (exact) mass is 357 g/mol. The predicted octanol–water partition coefficient (Wildman–Crippen LogP) is 3.11. The van der Waals surface area contributed by atoms with E-state index in [0.29, 0.717) is 37.1 Å². The number of carbonyl (C=O) groups excluding carboxylic acids is 1. The molecule has 0 saturated heterocycles. The maximum atomic E-state index is 12.2. The first-order valence-electron chi connectivity index (χ1n) is 8.71. The fourth-order valence-electron chi connectivity index (χ4n) is 2.68. The Kier molecular flexibility index (Phi) is 5.84. The number of carbonyl (C=O) groups is 1. The molecule has 26 heavy (non-hydrogen) atoms. The first-order chi connectivity index (χ1) is 12.7. The van der Waals surface area contributed by atoms with Crippen molar-refractivity contribution in [3.63, 3.8) is 0 Å². The van der Waals surface area contributed by atoms with Crippen LogP contribution in [0.15, 0.2) is 42.5 Å². The van der Waals surface area contributed by atoms with Crippen LogP contribution in [-0.2, 0) is 4.79 Å². The summed E-state index contributed by atoms with van der Waals surface area (Å²) in [5, 5.41) is 2.92. The van der Waals surface area contributed by atoms with Crippen LogP contribution in [0.3, 0.4) is 0 Å². The number of fused-ring (bicyclic) bond motifs is 1. The first-order valence-corrected chi connectivity index (χ1v) is 8.71. The van der Waals surface area contributed by atoms with Gasteiger partial charge in [0.25, 0.3) is 5.91 Å². The van der Waals surface area contributed by atoms with Crippen molar-refractivity contribution in [2.24, 2.45) is 0 Å². The van der Waals surface area contributed by atoms with Crippen molar-refractivity contribution in [2.75, 3.05) is 26.4 Å². The van der Waals surface area contributed by atoms with Crippen molar-refractivity contribution in [3.8, 4) is 23.0 Å². The van der Waals surface area contributed by atoms with E-state index < -0.39 is 0 Å². The zero-order valence-electron chi connectivity index (χ0n) is 15.0. The Balaban J connectivity index is 1.56. The van der Waals surface area contributed by atoms with Crippen LogP contribution < -0.4 is 24.3 Å². The van der Waals surface area contributed by atoms with Gasteiger partial charge in [-0.05, 0) is 43.7 Å². The first kappa shape index (κ1) is 17.9. The molecule has 0 unspecified atom stereocenters. The molecular formula is C20H23NO5. The lowest BCUT2D eigenvalue weighted by Crippen LogP contribution is -2.31. The van der Waals surface area contributed by atoms with Gasteiger partial charge in [-0.1, -0.05) is 18.2 Å². The van der Waals surface area contributed by atoms with Crippen LogP contribution in [0.2, 0.25) is 0 Å². The Morgan fingerprint density at radius 1 is 1.08 bits per heavy atom. The second-order valence-electron chi connectivity index (χ2n) is 5.86. The Morgan fingerprint density at radius 3 is 2.50 bits per heavy atom. The smallest absolute Gasteiger partial charge is 0.258 e. The van der Waals surface area contributed by atoms with Crippen LogP contribution in [0.25, 0.3) is 0 Å². The second kappa shape index (κ2) is 8.47. The number of benzene rings is 2. The zero-order valence-corrected chi connectivity index (χ0v) is 15.0. The van der Waals surface area contributed by atoms with E-state index in [9.17, 15) is 4.79 Å². The summed E-state index contributed by atoms with van der Waals surface area (Å²) < 4.78 is 22.2. The molecule has 1 N–H and O–H groups in total. The van der Waals surface area contributed by atoms with Crippen LogP contribution in [0, 0.1) is 0 Å². The lowest BCUT2D eigenvalue weighted by atomic mass is 10.1. The molecule has 0 aromatic heterocycles. The lowest BCUT2D eigenvalue weighted by molar-refractivity contribution is -0.123. The summed E-state index contributed by atoms with van der Waals surface area (Å²) in [5.74, 6) is 2.41. The summed E-state index contributed by atoms with van der Waals surface area (Å²) in [6.45, 7) is 5.35. The Morgan fingerprint density at radius 2 is 1.77 bits per heavy atom. The largest absolute Gasteiger partial charge is 0.490 e. The molecule has 2 aromatic carbocycles. The molecule has 138 valence electrons. The molecule has 1 amide bonds. The van der Waals surface area contributed by atoms with Crippen molar-refractivity contribution in [1.29, 1.82) is 0 Å². The van der Waals surface area contributed by atoms with E-state index in [1.807, 2.05) is 50.2 Å². The molecule has 0 spiro atoms. The summed E-state index contributed by atoms with van der Waals surface area (Å²) >= 11 is 0. The number of nitrogens with one attached hydrogen (secondary N) is 1. The number of rotatable bonds is 7. The van der Waals surface area contributed by atoms with E-state index in [2.05, 4.69) is 5.32 Å². The van der Waals surface area contributed by atoms with Gasteiger partial charge >= 0.3 is 0 Å². The SMILES string of the molecule is CCOc1ccccc1OCC(=O)N[C@H](C)c1ccc2c(c1)OCCO2. The minimum atomic E-state index is -0.210. The van der Waals surface area contributed by atoms with E-state index in [4.69, 9.17) is 18.9 Å². The fraction of sp³-hybridized carbons (Fsp3) is 0.350. The maximum absolute atomic E-state index is 12.2. The molecule has 0 saturated carbocycles. The van der Waals surface area contributed by atoms with Gasteiger partial charge in [0.05, 0.1) is 12.6 Å². The average Bonchev–Trinajstić information content (AvgIpc) is 2.67. The van der Waals surface area contributed by atoms with Crippen molar-refractivity contribution in [3.05, 3.63) is 48.0 Å². The summed E-state index contributed by atoms with van der Waals surface area (Å²) in [7, 11) is 0. The molecule has 6 heteroatoms. The molecule has 1 aliphatic rings. The average molecular weight is 357 g/mol. The Labute approximate surface area is 153 Å². The summed E-state index contributed by atoms with van der Waals surface area (Å²) in [5.41, 5.74) is 0.942. The van der Waals surface area contributed by atoms with Crippen molar-refractivity contribution < 1.29 is 23.7 Å². The summed E-state index contributed by atoms with van der Waals surface area (Å²) in [4.78, 5) is 12.2. The fourth-order valence-corrected chi connectivity index (χ4v) is 2.68. The molecule has 3 rings (SSSR count). The number of hydrogen-bond acceptors (Lipinski definition) is 5. The predicted molar refractivity (Wildman–Crippen MR) is 97.1 cm³/mol. The van der Waals surface area contributed by atoms with Crippen LogP contribution >= 0.6 is 0 Å². The molecule has 6 nitrogen and oxygen atoms in total. The van der Waals surface area contributed by atoms with Crippen LogP contribution in [0.1, 0.15) is 25.5 Å². The van der Waals surface area contributed by atoms with Gasteiger partial charge in [-0.2, -0.15) is 0 Å². The molecule has 1 heterocycles. The second-order valence-corrected chi connectivity index (χ2v) is 5.86. The highest BCUT2D eigenvalue weighted by Crippen LogP contribution is 2.32. The molecule has 0 fully saturated rings. The molecule has 1 aliphatic heterocycles. The number of hydrogen-bond donors (Lipinski definition) is 1. The third-order valence-corrected chi connectivity index (χ3v) is 3.95. The number of ether oxygens (including phenoxy) is 4. The minimum Gasteiger partial charge on any atom is -0.490 e. The normalized spacial score (nSPS) is 13.6. The minimum absolute atomic E-state index is 0.0843. The lowest BCUT2D eigenvalue weighted by Gasteiger charge is -2.21. The Hall–Kier alpha value is -2.89. The number of para-hydroxylation sites is 2. The molecule has 1 atom stereocenters. The van der Waals surface area contributed by atoms with Gasteiger partial charge in [0.15, 0.2) is 29.6 Å². The van der Waals surface area contributed by atoms with Gasteiger partial charge in [0, 0.05) is 0 Å². The Bertz CT molecular complexity index is 762. The van der Waals surface area contributed by atoms with Crippen molar-refractivity contribution in [1.82, 2.24) is 5.32 Å². The molecule has 0 aliphatic carbocycles. The highest BCUT2D eigenvalue weighted by Gasteiger charge is 2.16. The third-order valence-electron chi connectivity index (χ3n) is 3.95. The van der Waals surface area contributed by atoms with Crippen LogP contribution in [-0.4, -0.2) is 32.3 Å². The molecule has 2 aromatic rings. The standard InChI is InChI=1S/C20H23NO5/c1-3-23-16-6-4-5-7-17(16)26-13-20(22)21-14(2)15-8-9-18-19(12-15)25-11-10-24-18/h4-9,12,14H,3,10-11,13H2,1-2H3,(H,21,22)/t14-/m1/s1. The van der Waals surface area contributed by atoms with Gasteiger partial charge in [-0.25, -0.2) is 0 Å². The summed E-state index contributed by atoms with van der Waals surface area (Å²) in [6.07, 6.45) is 0. The highest BCUT2D eigenvalue weighted by atomic mass is 16.6. The van der Waals surface area contributed by atoms with E-state index in [0.717, 1.165) is 11.3 Å². The zero-order chi connectivity index (χ0) is 18.4. The van der Waals surface area contributed by atoms with Gasteiger partial charge in [-0.3, -0.25) is 4.79 Å². The van der Waals surface area contributed by atoms with E-state index in [1.165, 1.54) is 0 Å². The van der Waals surface area contributed by atoms with E-state index in [1.54, 1.807) is 6.07 Å². The van der Waals surface area contributed by atoms with Gasteiger partial charge in [-0.15, -0.1) is 0 Å². The maximum Gasteiger partial charge on any atom is 0.258 e. The van der Waals surface area contributed by atoms with Crippen molar-refractivity contribution in [2.45, 2.75) is 19.9 Å². The van der Waals surface area contributed by atoms with E-state index >= 15 is 0 Å². The molecular weight excluding hydrogens is 334 g/mol. The van der Waals surface area contributed by atoms with Gasteiger partial charge in [0.1, 0.15) is 13.2 Å². The quantitative estimate of drug-likeness (QED) is 0.825. The molecule has 0 radical (unpaired) electrons. The van der Waals surface area contributed by atoms with Gasteiger partial charge in [0.2, 0.25) is 0 Å². The van der Waals surface area contributed by atoms with E-state index in [-0.39, 0.29) is 18.6 Å². The van der Waals surface area contributed by atoms with Crippen LogP contribution in [0.5, 0.6) is 23.0 Å². The number of amides is 1. The molecule has 0 bridgehead atoms. The summed E-state index contributed by atoms with van der Waals surface area (Å²) in [6, 6.07) is 12.8. The van der Waals surface area contributed by atoms with Crippen molar-refractivity contribution >= 4 is 5.91 Å². The third kappa shape index (κ3) is 4.39. The van der Waals surface area contributed by atoms with Crippen LogP contribution in [0.4, 0.5) is 0 Å². The van der Waals surface area contributed by atoms with Gasteiger partial charge < -0.3 is 24.3 Å². The highest BCUT2D eigenvalue weighted by molar-refractivity contribution is 5.78. The topological polar surface area (TPSA) is 66.0 Å².